The second-order valence-corrected chi connectivity index (χ2v) is 5.37. The Hall–Kier alpha value is -0.203. The number of hydrogen-bond donors (Lipinski definition) is 0. The van der Waals surface area contributed by atoms with Crippen LogP contribution in [0.15, 0.2) is 11.8 Å². The molecule has 0 fully saturated rings. The smallest absolute Gasteiger partial charge is 0.378 e. The summed E-state index contributed by atoms with van der Waals surface area (Å²) in [5.41, 5.74) is 1.90. The lowest BCUT2D eigenvalue weighted by Crippen LogP contribution is -2.44. The largest absolute Gasteiger partial charge is 0.529 e. The highest BCUT2D eigenvalue weighted by atomic mass is 28.4. The zero-order valence-corrected chi connectivity index (χ0v) is 11.8. The Morgan fingerprint density at radius 2 is 1.31 bits per heavy atom. The van der Waals surface area contributed by atoms with E-state index in [1.54, 1.807) is 0 Å². The zero-order valence-electron chi connectivity index (χ0n) is 10.8. The molecular weight excluding hydrogens is 224 g/mol. The topological polar surface area (TPSA) is 36.9 Å². The summed E-state index contributed by atoms with van der Waals surface area (Å²) >= 11 is 0. The van der Waals surface area contributed by atoms with Gasteiger partial charge in [-0.25, -0.2) is 0 Å². The van der Waals surface area contributed by atoms with Gasteiger partial charge in [0.05, 0.1) is 6.61 Å². The van der Waals surface area contributed by atoms with Crippen molar-refractivity contribution in [1.82, 2.24) is 0 Å². The molecule has 96 valence electrons. The Balaban J connectivity index is 4.39. The van der Waals surface area contributed by atoms with Crippen LogP contribution >= 0.6 is 0 Å². The van der Waals surface area contributed by atoms with E-state index in [9.17, 15) is 0 Å². The van der Waals surface area contributed by atoms with Gasteiger partial charge in [0.15, 0.2) is 0 Å². The van der Waals surface area contributed by atoms with Crippen LogP contribution in [-0.2, 0) is 18.0 Å². The Kier molecular flexibility index (Phi) is 9.86. The summed E-state index contributed by atoms with van der Waals surface area (Å²) in [5.74, 6) is 0. The molecule has 0 atom stereocenters. The lowest BCUT2D eigenvalue weighted by Gasteiger charge is -2.25. The average molecular weight is 248 g/mol. The molecule has 0 aliphatic carbocycles. The van der Waals surface area contributed by atoms with Crippen LogP contribution in [0.25, 0.3) is 0 Å². The molecule has 0 saturated heterocycles. The van der Waals surface area contributed by atoms with Gasteiger partial charge >= 0.3 is 8.80 Å². The second-order valence-electron chi connectivity index (χ2n) is 2.96. The Morgan fingerprint density at radius 1 is 0.812 bits per heavy atom. The third-order valence-corrected chi connectivity index (χ3v) is 4.49. The molecule has 0 aromatic rings. The molecule has 0 radical (unpaired) electrons. The van der Waals surface area contributed by atoms with Gasteiger partial charge in [-0.15, -0.1) is 0 Å². The lowest BCUT2D eigenvalue weighted by molar-refractivity contribution is 0.0838. The van der Waals surface area contributed by atoms with Crippen molar-refractivity contribution in [2.24, 2.45) is 0 Å². The molecule has 0 amide bonds. The molecule has 5 heteroatoms. The minimum absolute atomic E-state index is 0.568. The van der Waals surface area contributed by atoms with Crippen molar-refractivity contribution < 1.29 is 18.0 Å². The molecule has 0 aromatic carbocycles. The molecule has 4 nitrogen and oxygen atoms in total. The molecule has 0 heterocycles. The molecule has 0 aliphatic rings. The Morgan fingerprint density at radius 3 is 1.69 bits per heavy atom. The van der Waals surface area contributed by atoms with Gasteiger partial charge in [-0.1, -0.05) is 6.08 Å². The van der Waals surface area contributed by atoms with Crippen LogP contribution < -0.4 is 0 Å². The summed E-state index contributed by atoms with van der Waals surface area (Å²) in [6.07, 6.45) is 1.91. The molecule has 0 bridgehead atoms. The van der Waals surface area contributed by atoms with Gasteiger partial charge < -0.3 is 18.0 Å². The van der Waals surface area contributed by atoms with Gasteiger partial charge in [-0.3, -0.25) is 0 Å². The van der Waals surface area contributed by atoms with Crippen molar-refractivity contribution in [3.05, 3.63) is 11.8 Å². The van der Waals surface area contributed by atoms with E-state index in [4.69, 9.17) is 18.0 Å². The van der Waals surface area contributed by atoms with Crippen LogP contribution in [0.4, 0.5) is 0 Å². The summed E-state index contributed by atoms with van der Waals surface area (Å²) in [6.45, 7) is 10.8. The maximum atomic E-state index is 5.64. The molecule has 0 rings (SSSR count). The van der Waals surface area contributed by atoms with Crippen LogP contribution in [0.1, 0.15) is 27.7 Å². The Labute approximate surface area is 99.9 Å². The predicted octanol–water partition coefficient (Wildman–Crippen LogP) is 2.17. The fraction of sp³-hybridized carbons (Fsp3) is 0.818. The summed E-state index contributed by atoms with van der Waals surface area (Å²) < 4.78 is 22.2. The highest BCUT2D eigenvalue weighted by Gasteiger charge is 2.37. The van der Waals surface area contributed by atoms with Crippen molar-refractivity contribution in [3.63, 3.8) is 0 Å². The first-order chi connectivity index (χ1) is 7.74. The van der Waals surface area contributed by atoms with Crippen LogP contribution in [0, 0.1) is 0 Å². The van der Waals surface area contributed by atoms with E-state index in [1.165, 1.54) is 0 Å². The van der Waals surface area contributed by atoms with Crippen molar-refractivity contribution in [3.8, 4) is 0 Å². The van der Waals surface area contributed by atoms with Crippen molar-refractivity contribution in [1.29, 1.82) is 0 Å². The highest BCUT2D eigenvalue weighted by molar-refractivity contribution is 6.66. The molecule has 0 aliphatic heterocycles. The summed E-state index contributed by atoms with van der Waals surface area (Å²) in [6, 6.07) is 0. The van der Waals surface area contributed by atoms with E-state index in [0.29, 0.717) is 33.0 Å². The van der Waals surface area contributed by atoms with Crippen molar-refractivity contribution >= 4 is 8.80 Å². The van der Waals surface area contributed by atoms with Crippen LogP contribution in [0.3, 0.4) is 0 Å². The predicted molar refractivity (Wildman–Crippen MR) is 66.3 cm³/mol. The number of hydrogen-bond acceptors (Lipinski definition) is 4. The zero-order chi connectivity index (χ0) is 12.3. The number of rotatable bonds is 10. The van der Waals surface area contributed by atoms with Crippen molar-refractivity contribution in [2.75, 3.05) is 33.0 Å². The SMILES string of the molecule is CCOC/C=C\[Si](OCC)(OCC)OCC. The minimum atomic E-state index is -2.61. The van der Waals surface area contributed by atoms with Crippen molar-refractivity contribution in [2.45, 2.75) is 27.7 Å². The fourth-order valence-corrected chi connectivity index (χ4v) is 3.38. The molecule has 0 N–H and O–H groups in total. The quantitative estimate of drug-likeness (QED) is 0.438. The fourth-order valence-electron chi connectivity index (χ4n) is 1.25. The summed E-state index contributed by atoms with van der Waals surface area (Å²) in [7, 11) is -2.61. The van der Waals surface area contributed by atoms with Gasteiger partial charge in [0.1, 0.15) is 0 Å². The molecule has 0 aromatic heterocycles. The average Bonchev–Trinajstić information content (AvgIpc) is 2.26. The third-order valence-electron chi connectivity index (χ3n) is 1.78. The molecular formula is C11H24O4Si. The van der Waals surface area contributed by atoms with Gasteiger partial charge in [-0.2, -0.15) is 0 Å². The first-order valence-electron chi connectivity index (χ1n) is 5.91. The van der Waals surface area contributed by atoms with Gasteiger partial charge in [0, 0.05) is 26.4 Å². The Bertz CT molecular complexity index is 168. The first kappa shape index (κ1) is 15.8. The molecule has 0 spiro atoms. The normalized spacial score (nSPS) is 12.5. The highest BCUT2D eigenvalue weighted by Crippen LogP contribution is 2.11. The molecule has 16 heavy (non-hydrogen) atoms. The van der Waals surface area contributed by atoms with E-state index in [-0.39, 0.29) is 0 Å². The van der Waals surface area contributed by atoms with E-state index in [0.717, 1.165) is 0 Å². The second kappa shape index (κ2) is 9.98. The van der Waals surface area contributed by atoms with E-state index in [1.807, 2.05) is 39.5 Å². The number of ether oxygens (including phenoxy) is 1. The van der Waals surface area contributed by atoms with Gasteiger partial charge in [-0.05, 0) is 33.4 Å². The van der Waals surface area contributed by atoms with E-state index >= 15 is 0 Å². The van der Waals surface area contributed by atoms with Crippen LogP contribution in [-0.4, -0.2) is 41.8 Å². The maximum absolute atomic E-state index is 5.64. The standard InChI is InChI=1S/C11H24O4Si/c1-5-12-10-9-11-16(13-6-2,14-7-3)15-8-4/h9,11H,5-8,10H2,1-4H3/b11-9-. The minimum Gasteiger partial charge on any atom is -0.378 e. The lowest BCUT2D eigenvalue weighted by atomic mass is 10.7. The van der Waals surface area contributed by atoms with E-state index < -0.39 is 8.80 Å². The van der Waals surface area contributed by atoms with Gasteiger partial charge in [0.2, 0.25) is 0 Å². The molecule has 0 unspecified atom stereocenters. The summed E-state index contributed by atoms with van der Waals surface area (Å²) in [4.78, 5) is 0. The van der Waals surface area contributed by atoms with Crippen LogP contribution in [0.2, 0.25) is 0 Å². The van der Waals surface area contributed by atoms with E-state index in [2.05, 4.69) is 0 Å². The first-order valence-corrected chi connectivity index (χ1v) is 7.72. The molecule has 0 saturated carbocycles. The summed E-state index contributed by atoms with van der Waals surface area (Å²) in [5, 5.41) is 0. The monoisotopic (exact) mass is 248 g/mol. The van der Waals surface area contributed by atoms with Crippen LogP contribution in [0.5, 0.6) is 0 Å². The third kappa shape index (κ3) is 6.39. The maximum Gasteiger partial charge on any atom is 0.529 e. The van der Waals surface area contributed by atoms with Gasteiger partial charge in [0.25, 0.3) is 0 Å².